The van der Waals surface area contributed by atoms with E-state index in [0.717, 1.165) is 13.2 Å². The number of hydrogen-bond acceptors (Lipinski definition) is 1. The molecule has 0 aromatic rings. The number of ether oxygens (including phenoxy) is 1. The maximum atomic E-state index is 5.46. The lowest BCUT2D eigenvalue weighted by Crippen LogP contribution is -1.92. The van der Waals surface area contributed by atoms with E-state index in [1.54, 1.807) is 0 Å². The average molecular weight is 240 g/mol. The fourth-order valence-corrected chi connectivity index (χ4v) is 1.80. The molecule has 0 amide bonds. The van der Waals surface area contributed by atoms with Crippen molar-refractivity contribution in [1.82, 2.24) is 0 Å². The van der Waals surface area contributed by atoms with Crippen LogP contribution in [0.2, 0.25) is 0 Å². The van der Waals surface area contributed by atoms with Crippen LogP contribution in [0, 0.1) is 0 Å². The zero-order valence-corrected chi connectivity index (χ0v) is 12.0. The molecule has 0 bridgehead atoms. The SMILES string of the molecule is CCCCCCCCC/C=C/COCCCC. The molecular formula is C16H32O. The molecule has 1 heteroatoms. The molecule has 0 radical (unpaired) electrons. The minimum Gasteiger partial charge on any atom is -0.377 e. The van der Waals surface area contributed by atoms with E-state index in [1.807, 2.05) is 0 Å². The van der Waals surface area contributed by atoms with Gasteiger partial charge in [0.2, 0.25) is 0 Å². The van der Waals surface area contributed by atoms with Gasteiger partial charge in [-0.3, -0.25) is 0 Å². The molecule has 0 N–H and O–H groups in total. The van der Waals surface area contributed by atoms with Crippen LogP contribution in [0.1, 0.15) is 78.1 Å². The molecule has 0 atom stereocenters. The van der Waals surface area contributed by atoms with Crippen LogP contribution < -0.4 is 0 Å². The smallest absolute Gasteiger partial charge is 0.0647 e. The fourth-order valence-electron chi connectivity index (χ4n) is 1.80. The molecule has 0 aromatic carbocycles. The molecule has 0 aliphatic carbocycles. The molecule has 0 unspecified atom stereocenters. The second-order valence-corrected chi connectivity index (χ2v) is 4.81. The summed E-state index contributed by atoms with van der Waals surface area (Å²) >= 11 is 0. The third-order valence-corrected chi connectivity index (χ3v) is 3.00. The Morgan fingerprint density at radius 2 is 1.35 bits per heavy atom. The van der Waals surface area contributed by atoms with Gasteiger partial charge >= 0.3 is 0 Å². The predicted octanol–water partition coefficient (Wildman–Crippen LogP) is 5.50. The van der Waals surface area contributed by atoms with Crippen molar-refractivity contribution in [1.29, 1.82) is 0 Å². The number of hydrogen-bond donors (Lipinski definition) is 0. The van der Waals surface area contributed by atoms with Crippen LogP contribution in [0.3, 0.4) is 0 Å². The zero-order chi connectivity index (χ0) is 12.6. The van der Waals surface area contributed by atoms with E-state index in [2.05, 4.69) is 26.0 Å². The lowest BCUT2D eigenvalue weighted by atomic mass is 10.1. The van der Waals surface area contributed by atoms with Crippen LogP contribution >= 0.6 is 0 Å². The van der Waals surface area contributed by atoms with Crippen LogP contribution in [0.15, 0.2) is 12.2 Å². The topological polar surface area (TPSA) is 9.23 Å². The van der Waals surface area contributed by atoms with E-state index in [-0.39, 0.29) is 0 Å². The Morgan fingerprint density at radius 1 is 0.706 bits per heavy atom. The van der Waals surface area contributed by atoms with Crippen LogP contribution in [-0.4, -0.2) is 13.2 Å². The number of rotatable bonds is 13. The Balaban J connectivity index is 2.99. The number of allylic oxidation sites excluding steroid dienone is 1. The van der Waals surface area contributed by atoms with Gasteiger partial charge in [-0.25, -0.2) is 0 Å². The first-order chi connectivity index (χ1) is 8.41. The first-order valence-corrected chi connectivity index (χ1v) is 7.64. The van der Waals surface area contributed by atoms with Crippen molar-refractivity contribution in [2.24, 2.45) is 0 Å². The second-order valence-electron chi connectivity index (χ2n) is 4.81. The van der Waals surface area contributed by atoms with Crippen molar-refractivity contribution in [2.45, 2.75) is 78.1 Å². The Hall–Kier alpha value is -0.300. The van der Waals surface area contributed by atoms with Crippen molar-refractivity contribution in [3.05, 3.63) is 12.2 Å². The maximum absolute atomic E-state index is 5.46. The quantitative estimate of drug-likeness (QED) is 0.305. The highest BCUT2D eigenvalue weighted by Gasteiger charge is 1.89. The standard InChI is InChI=1S/C16H32O/c1-3-5-7-8-9-10-11-12-13-14-16-17-15-6-4-2/h13-14H,3-12,15-16H2,1-2H3/b14-13+. The fraction of sp³-hybridized carbons (Fsp3) is 0.875. The molecule has 0 aliphatic rings. The summed E-state index contributed by atoms with van der Waals surface area (Å²) in [5.41, 5.74) is 0. The van der Waals surface area contributed by atoms with Gasteiger partial charge in [-0.15, -0.1) is 0 Å². The highest BCUT2D eigenvalue weighted by molar-refractivity contribution is 4.81. The Kier molecular flexibility index (Phi) is 15.4. The van der Waals surface area contributed by atoms with Gasteiger partial charge in [-0.2, -0.15) is 0 Å². The van der Waals surface area contributed by atoms with Crippen LogP contribution in [0.25, 0.3) is 0 Å². The zero-order valence-electron chi connectivity index (χ0n) is 12.0. The predicted molar refractivity (Wildman–Crippen MR) is 77.5 cm³/mol. The minimum atomic E-state index is 0.802. The summed E-state index contributed by atoms with van der Waals surface area (Å²) in [6.45, 7) is 6.18. The normalized spacial score (nSPS) is 11.4. The van der Waals surface area contributed by atoms with Crippen LogP contribution in [0.4, 0.5) is 0 Å². The molecule has 1 nitrogen and oxygen atoms in total. The third kappa shape index (κ3) is 15.7. The molecule has 0 spiro atoms. The van der Waals surface area contributed by atoms with Crippen molar-refractivity contribution >= 4 is 0 Å². The summed E-state index contributed by atoms with van der Waals surface area (Å²) in [7, 11) is 0. The summed E-state index contributed by atoms with van der Waals surface area (Å²) in [5, 5.41) is 0. The second kappa shape index (κ2) is 15.7. The van der Waals surface area contributed by atoms with Crippen LogP contribution in [0.5, 0.6) is 0 Å². The van der Waals surface area contributed by atoms with Gasteiger partial charge in [0.15, 0.2) is 0 Å². The van der Waals surface area contributed by atoms with Gasteiger partial charge < -0.3 is 4.74 Å². The Labute approximate surface area is 109 Å². The largest absolute Gasteiger partial charge is 0.377 e. The molecular weight excluding hydrogens is 208 g/mol. The van der Waals surface area contributed by atoms with E-state index in [4.69, 9.17) is 4.74 Å². The average Bonchev–Trinajstić information content (AvgIpc) is 2.35. The summed E-state index contributed by atoms with van der Waals surface area (Å²) in [6, 6.07) is 0. The number of unbranched alkanes of at least 4 members (excludes halogenated alkanes) is 8. The minimum absolute atomic E-state index is 0.802. The molecule has 0 saturated carbocycles. The lowest BCUT2D eigenvalue weighted by molar-refractivity contribution is 0.158. The molecule has 0 fully saturated rings. The first-order valence-electron chi connectivity index (χ1n) is 7.64. The summed E-state index contributed by atoms with van der Waals surface area (Å²) in [5.74, 6) is 0. The molecule has 0 aliphatic heterocycles. The van der Waals surface area contributed by atoms with E-state index in [9.17, 15) is 0 Å². The Morgan fingerprint density at radius 3 is 2.06 bits per heavy atom. The first kappa shape index (κ1) is 16.7. The van der Waals surface area contributed by atoms with Gasteiger partial charge in [-0.05, 0) is 19.3 Å². The van der Waals surface area contributed by atoms with E-state index in [0.29, 0.717) is 0 Å². The van der Waals surface area contributed by atoms with Gasteiger partial charge in [0.05, 0.1) is 6.61 Å². The van der Waals surface area contributed by atoms with E-state index < -0.39 is 0 Å². The van der Waals surface area contributed by atoms with Crippen molar-refractivity contribution in [3.63, 3.8) is 0 Å². The van der Waals surface area contributed by atoms with Gasteiger partial charge in [-0.1, -0.05) is 70.9 Å². The summed E-state index contributed by atoms with van der Waals surface area (Å²) in [6.07, 6.45) is 17.9. The Bertz CT molecular complexity index is 152. The molecule has 0 saturated heterocycles. The van der Waals surface area contributed by atoms with Crippen molar-refractivity contribution in [2.75, 3.05) is 13.2 Å². The maximum Gasteiger partial charge on any atom is 0.0647 e. The van der Waals surface area contributed by atoms with E-state index >= 15 is 0 Å². The van der Waals surface area contributed by atoms with Crippen molar-refractivity contribution < 1.29 is 4.74 Å². The highest BCUT2D eigenvalue weighted by Crippen LogP contribution is 2.08. The van der Waals surface area contributed by atoms with Gasteiger partial charge in [0.1, 0.15) is 0 Å². The van der Waals surface area contributed by atoms with Crippen molar-refractivity contribution in [3.8, 4) is 0 Å². The van der Waals surface area contributed by atoms with E-state index in [1.165, 1.54) is 64.2 Å². The highest BCUT2D eigenvalue weighted by atomic mass is 16.5. The van der Waals surface area contributed by atoms with Crippen LogP contribution in [-0.2, 0) is 4.74 Å². The monoisotopic (exact) mass is 240 g/mol. The summed E-state index contributed by atoms with van der Waals surface area (Å²) < 4.78 is 5.46. The molecule has 0 aromatic heterocycles. The molecule has 102 valence electrons. The van der Waals surface area contributed by atoms with Gasteiger partial charge in [0.25, 0.3) is 0 Å². The molecule has 17 heavy (non-hydrogen) atoms. The third-order valence-electron chi connectivity index (χ3n) is 3.00. The summed E-state index contributed by atoms with van der Waals surface area (Å²) in [4.78, 5) is 0. The lowest BCUT2D eigenvalue weighted by Gasteiger charge is -1.99. The van der Waals surface area contributed by atoms with Gasteiger partial charge in [0, 0.05) is 6.61 Å². The molecule has 0 heterocycles. The molecule has 0 rings (SSSR count).